The Labute approximate surface area is 193 Å². The molecule has 2 aromatic carbocycles. The van der Waals surface area contributed by atoms with Gasteiger partial charge in [-0.05, 0) is 53.4 Å². The molecule has 0 bridgehead atoms. The predicted molar refractivity (Wildman–Crippen MR) is 119 cm³/mol. The molecule has 0 spiro atoms. The van der Waals surface area contributed by atoms with Gasteiger partial charge in [-0.1, -0.05) is 26.0 Å². The number of alkyl halides is 3. The number of imide groups is 1. The standard InChI is InChI=1S/C23H20F3N3O4S/c1-14(2)18-4-3-5-19-21(18)15(10-11-27-19)12-28-13-20(30)29(22(28)31)16-6-8-17(9-7-16)34(32,33)23(24,25)26/h3-11,14H,12-13H2,1-2H3. The second-order valence-electron chi connectivity index (χ2n) is 8.18. The zero-order chi connectivity index (χ0) is 24.8. The van der Waals surface area contributed by atoms with E-state index in [4.69, 9.17) is 0 Å². The van der Waals surface area contributed by atoms with E-state index in [0.29, 0.717) is 0 Å². The Kier molecular flexibility index (Phi) is 5.84. The summed E-state index contributed by atoms with van der Waals surface area (Å²) in [5, 5.41) is 0.903. The van der Waals surface area contributed by atoms with Gasteiger partial charge in [0.25, 0.3) is 15.7 Å². The number of fused-ring (bicyclic) bond motifs is 1. The van der Waals surface area contributed by atoms with E-state index in [-0.39, 0.29) is 24.7 Å². The van der Waals surface area contributed by atoms with Crippen molar-refractivity contribution in [2.45, 2.75) is 36.7 Å². The van der Waals surface area contributed by atoms with Crippen LogP contribution in [0.3, 0.4) is 0 Å². The predicted octanol–water partition coefficient (Wildman–Crippen LogP) is 4.62. The van der Waals surface area contributed by atoms with Gasteiger partial charge in [-0.3, -0.25) is 9.78 Å². The highest BCUT2D eigenvalue weighted by Crippen LogP contribution is 2.33. The van der Waals surface area contributed by atoms with Crippen molar-refractivity contribution in [3.63, 3.8) is 0 Å². The fraction of sp³-hybridized carbons (Fsp3) is 0.261. The van der Waals surface area contributed by atoms with Gasteiger partial charge < -0.3 is 4.90 Å². The molecule has 178 valence electrons. The monoisotopic (exact) mass is 491 g/mol. The highest BCUT2D eigenvalue weighted by Gasteiger charge is 2.47. The normalized spacial score (nSPS) is 15.1. The number of hydrogen-bond acceptors (Lipinski definition) is 5. The third kappa shape index (κ3) is 4.00. The van der Waals surface area contributed by atoms with E-state index in [1.807, 2.05) is 32.0 Å². The Balaban J connectivity index is 1.63. The Hall–Kier alpha value is -3.47. The molecule has 3 aromatic rings. The van der Waals surface area contributed by atoms with Gasteiger partial charge in [0, 0.05) is 18.1 Å². The molecule has 0 saturated carbocycles. The number of amides is 3. The number of urea groups is 1. The van der Waals surface area contributed by atoms with Crippen LogP contribution in [-0.2, 0) is 21.2 Å². The van der Waals surface area contributed by atoms with Gasteiger partial charge in [0.2, 0.25) is 0 Å². The van der Waals surface area contributed by atoms with E-state index in [1.165, 1.54) is 4.90 Å². The van der Waals surface area contributed by atoms with Crippen molar-refractivity contribution in [3.8, 4) is 0 Å². The summed E-state index contributed by atoms with van der Waals surface area (Å²) >= 11 is 0. The molecular formula is C23H20F3N3O4S. The van der Waals surface area contributed by atoms with Crippen LogP contribution in [0.15, 0.2) is 59.6 Å². The van der Waals surface area contributed by atoms with Crippen molar-refractivity contribution in [1.82, 2.24) is 9.88 Å². The first-order chi connectivity index (χ1) is 15.9. The van der Waals surface area contributed by atoms with Gasteiger partial charge in [0.05, 0.1) is 16.1 Å². The lowest BCUT2D eigenvalue weighted by Gasteiger charge is -2.20. The summed E-state index contributed by atoms with van der Waals surface area (Å²) in [4.78, 5) is 31.2. The molecule has 34 heavy (non-hydrogen) atoms. The minimum atomic E-state index is -5.53. The van der Waals surface area contributed by atoms with Crippen LogP contribution in [0.25, 0.3) is 10.9 Å². The Morgan fingerprint density at radius 1 is 1.03 bits per heavy atom. The lowest BCUT2D eigenvalue weighted by molar-refractivity contribution is -0.116. The summed E-state index contributed by atoms with van der Waals surface area (Å²) in [6, 6.07) is 10.4. The first-order valence-electron chi connectivity index (χ1n) is 10.3. The summed E-state index contributed by atoms with van der Waals surface area (Å²) in [5.74, 6) is -0.371. The summed E-state index contributed by atoms with van der Waals surface area (Å²) in [5.41, 5.74) is -2.84. The Morgan fingerprint density at radius 3 is 2.32 bits per heavy atom. The van der Waals surface area contributed by atoms with Crippen molar-refractivity contribution >= 4 is 38.4 Å². The number of carbonyl (C=O) groups excluding carboxylic acids is 2. The number of halogens is 3. The van der Waals surface area contributed by atoms with Crippen LogP contribution in [0, 0.1) is 0 Å². The van der Waals surface area contributed by atoms with E-state index in [9.17, 15) is 31.2 Å². The van der Waals surface area contributed by atoms with Gasteiger partial charge in [0.1, 0.15) is 6.54 Å². The van der Waals surface area contributed by atoms with Crippen molar-refractivity contribution in [1.29, 1.82) is 0 Å². The van der Waals surface area contributed by atoms with E-state index < -0.39 is 32.2 Å². The highest BCUT2D eigenvalue weighted by atomic mass is 32.2. The zero-order valence-corrected chi connectivity index (χ0v) is 19.0. The largest absolute Gasteiger partial charge is 0.501 e. The molecule has 4 rings (SSSR count). The third-order valence-corrected chi connectivity index (χ3v) is 7.12. The van der Waals surface area contributed by atoms with Crippen LogP contribution >= 0.6 is 0 Å². The molecule has 7 nitrogen and oxygen atoms in total. The van der Waals surface area contributed by atoms with Crippen molar-refractivity contribution in [3.05, 3.63) is 65.9 Å². The maximum Gasteiger partial charge on any atom is 0.501 e. The second kappa shape index (κ2) is 8.39. The number of nitrogens with zero attached hydrogens (tertiary/aromatic N) is 3. The third-order valence-electron chi connectivity index (χ3n) is 5.62. The fourth-order valence-corrected chi connectivity index (χ4v) is 4.72. The number of rotatable bonds is 5. The first-order valence-corrected chi connectivity index (χ1v) is 11.8. The zero-order valence-electron chi connectivity index (χ0n) is 18.2. The van der Waals surface area contributed by atoms with Gasteiger partial charge in [-0.2, -0.15) is 13.2 Å². The number of carbonyl (C=O) groups is 2. The van der Waals surface area contributed by atoms with Crippen LogP contribution in [0.4, 0.5) is 23.7 Å². The number of benzene rings is 2. The Bertz CT molecular complexity index is 1380. The number of aromatic nitrogens is 1. The topological polar surface area (TPSA) is 87.7 Å². The lowest BCUT2D eigenvalue weighted by Crippen LogP contribution is -2.33. The van der Waals surface area contributed by atoms with Crippen LogP contribution in [0.1, 0.15) is 30.9 Å². The minimum absolute atomic E-state index is 0.0129. The second-order valence-corrected chi connectivity index (χ2v) is 10.1. The number of sulfone groups is 1. The van der Waals surface area contributed by atoms with Crippen molar-refractivity contribution in [2.24, 2.45) is 0 Å². The highest BCUT2D eigenvalue weighted by molar-refractivity contribution is 7.92. The van der Waals surface area contributed by atoms with E-state index in [2.05, 4.69) is 4.98 Å². The molecule has 1 fully saturated rings. The van der Waals surface area contributed by atoms with Gasteiger partial charge in [0.15, 0.2) is 0 Å². The van der Waals surface area contributed by atoms with Gasteiger partial charge in [-0.15, -0.1) is 0 Å². The number of pyridine rings is 1. The average Bonchev–Trinajstić information content (AvgIpc) is 3.05. The molecule has 11 heteroatoms. The molecule has 1 aromatic heterocycles. The smallest absolute Gasteiger partial charge is 0.310 e. The molecule has 1 aliphatic rings. The van der Waals surface area contributed by atoms with E-state index in [1.54, 1.807) is 12.3 Å². The molecular weight excluding hydrogens is 471 g/mol. The minimum Gasteiger partial charge on any atom is -0.310 e. The number of hydrogen-bond donors (Lipinski definition) is 0. The quantitative estimate of drug-likeness (QED) is 0.486. The maximum absolute atomic E-state index is 13.0. The van der Waals surface area contributed by atoms with Crippen molar-refractivity contribution < 1.29 is 31.2 Å². The van der Waals surface area contributed by atoms with E-state index in [0.717, 1.165) is 51.2 Å². The van der Waals surface area contributed by atoms with Gasteiger partial charge in [-0.25, -0.2) is 18.1 Å². The SMILES string of the molecule is CC(C)c1cccc2nccc(CN3CC(=O)N(c4ccc(S(=O)(=O)C(F)(F)F)cc4)C3=O)c12. The van der Waals surface area contributed by atoms with Crippen LogP contribution < -0.4 is 4.90 Å². The van der Waals surface area contributed by atoms with Crippen molar-refractivity contribution in [2.75, 3.05) is 11.4 Å². The summed E-state index contributed by atoms with van der Waals surface area (Å²) in [7, 11) is -5.53. The fourth-order valence-electron chi connectivity index (χ4n) is 3.96. The lowest BCUT2D eigenvalue weighted by atomic mass is 9.95. The van der Waals surface area contributed by atoms with Crippen LogP contribution in [0.2, 0.25) is 0 Å². The molecule has 1 saturated heterocycles. The Morgan fingerprint density at radius 2 is 1.71 bits per heavy atom. The summed E-state index contributed by atoms with van der Waals surface area (Å²) < 4.78 is 61.5. The summed E-state index contributed by atoms with van der Waals surface area (Å²) in [6.45, 7) is 3.99. The number of anilines is 1. The van der Waals surface area contributed by atoms with Crippen LogP contribution in [0.5, 0.6) is 0 Å². The van der Waals surface area contributed by atoms with Gasteiger partial charge >= 0.3 is 11.5 Å². The van der Waals surface area contributed by atoms with E-state index >= 15 is 0 Å². The molecule has 0 N–H and O–H groups in total. The first kappa shape index (κ1) is 23.7. The molecule has 0 radical (unpaired) electrons. The molecule has 3 amide bonds. The van der Waals surface area contributed by atoms with Crippen LogP contribution in [-0.4, -0.2) is 42.3 Å². The molecule has 2 heterocycles. The molecule has 1 aliphatic heterocycles. The molecule has 0 atom stereocenters. The molecule has 0 aliphatic carbocycles. The summed E-state index contributed by atoms with van der Waals surface area (Å²) in [6.07, 6.45) is 1.63. The molecule has 0 unspecified atom stereocenters. The average molecular weight is 491 g/mol. The maximum atomic E-state index is 13.0.